The monoisotopic (exact) mass is 497 g/mol. The summed E-state index contributed by atoms with van der Waals surface area (Å²) in [6.07, 6.45) is 2.29. The number of hydrogen-bond donors (Lipinski definition) is 1. The maximum atomic E-state index is 13.8. The first-order valence-corrected chi connectivity index (χ1v) is 11.9. The van der Waals surface area contributed by atoms with E-state index in [2.05, 4.69) is 5.32 Å². The van der Waals surface area contributed by atoms with Crippen LogP contribution in [0.4, 0.5) is 5.69 Å². The van der Waals surface area contributed by atoms with Gasteiger partial charge in [-0.1, -0.05) is 61.7 Å². The van der Waals surface area contributed by atoms with E-state index in [-0.39, 0.29) is 30.8 Å². The van der Waals surface area contributed by atoms with E-state index in [0.717, 1.165) is 6.42 Å². The van der Waals surface area contributed by atoms with E-state index in [0.29, 0.717) is 38.3 Å². The van der Waals surface area contributed by atoms with Crippen molar-refractivity contribution in [3.8, 4) is 0 Å². The summed E-state index contributed by atoms with van der Waals surface area (Å²) >= 11 is 12.9. The van der Waals surface area contributed by atoms with Crippen LogP contribution in [0.15, 0.2) is 70.3 Å². The number of nitrogens with zero attached hydrogens (tertiary/aromatic N) is 2. The van der Waals surface area contributed by atoms with E-state index in [1.54, 1.807) is 42.7 Å². The lowest BCUT2D eigenvalue weighted by Crippen LogP contribution is -2.46. The van der Waals surface area contributed by atoms with Gasteiger partial charge in [0.2, 0.25) is 5.91 Å². The Labute approximate surface area is 208 Å². The zero-order valence-corrected chi connectivity index (χ0v) is 20.4. The van der Waals surface area contributed by atoms with E-state index in [1.807, 2.05) is 32.0 Å². The van der Waals surface area contributed by atoms with E-state index >= 15 is 0 Å². The van der Waals surface area contributed by atoms with Crippen LogP contribution in [0.5, 0.6) is 0 Å². The molecule has 1 N–H and O–H groups in total. The van der Waals surface area contributed by atoms with Crippen molar-refractivity contribution in [3.63, 3.8) is 0 Å². The number of benzodiazepines with no additional fused rings is 1. The SMILES string of the molecule is CC[C@@H](C)[C@H]1N=C(c2ccccc2Cl)c2cc(Cl)ccc2N(CC(=O)NCc2ccco2)C1=O. The molecule has 0 aliphatic carbocycles. The summed E-state index contributed by atoms with van der Waals surface area (Å²) in [5, 5.41) is 3.83. The molecule has 0 radical (unpaired) electrons. The van der Waals surface area contributed by atoms with Crippen molar-refractivity contribution in [2.24, 2.45) is 10.9 Å². The summed E-state index contributed by atoms with van der Waals surface area (Å²) in [4.78, 5) is 33.1. The lowest BCUT2D eigenvalue weighted by Gasteiger charge is -2.26. The van der Waals surface area contributed by atoms with E-state index < -0.39 is 6.04 Å². The van der Waals surface area contributed by atoms with Gasteiger partial charge >= 0.3 is 0 Å². The molecule has 1 aliphatic heterocycles. The average Bonchev–Trinajstić information content (AvgIpc) is 3.32. The largest absolute Gasteiger partial charge is 0.467 e. The first-order chi connectivity index (χ1) is 16.4. The summed E-state index contributed by atoms with van der Waals surface area (Å²) < 4.78 is 5.28. The zero-order valence-electron chi connectivity index (χ0n) is 18.9. The summed E-state index contributed by atoms with van der Waals surface area (Å²) in [5.74, 6) is 0.0240. The van der Waals surface area contributed by atoms with Crippen LogP contribution in [0, 0.1) is 5.92 Å². The number of aliphatic imine (C=N–C) groups is 1. The highest BCUT2D eigenvalue weighted by Gasteiger charge is 2.36. The fourth-order valence-corrected chi connectivity index (χ4v) is 4.30. The van der Waals surface area contributed by atoms with E-state index in [1.165, 1.54) is 4.90 Å². The highest BCUT2D eigenvalue weighted by Crippen LogP contribution is 2.34. The summed E-state index contributed by atoms with van der Waals surface area (Å²) in [5.41, 5.74) is 2.50. The molecule has 34 heavy (non-hydrogen) atoms. The summed E-state index contributed by atoms with van der Waals surface area (Å²) in [6, 6.07) is 15.4. The molecule has 0 unspecified atom stereocenters. The van der Waals surface area contributed by atoms with Crippen molar-refractivity contribution in [2.75, 3.05) is 11.4 Å². The van der Waals surface area contributed by atoms with Crippen molar-refractivity contribution < 1.29 is 14.0 Å². The lowest BCUT2D eigenvalue weighted by molar-refractivity contribution is -0.125. The lowest BCUT2D eigenvalue weighted by atomic mass is 9.97. The Balaban J connectivity index is 1.77. The first-order valence-electron chi connectivity index (χ1n) is 11.1. The first kappa shape index (κ1) is 24.0. The number of carbonyl (C=O) groups is 2. The molecule has 0 saturated heterocycles. The molecule has 1 aromatic heterocycles. The minimum atomic E-state index is -0.680. The standard InChI is InChI=1S/C26H25Cl2N3O3/c1-3-16(2)24-26(33)31(15-23(32)29-14-18-7-6-12-34-18)22-11-10-17(27)13-20(22)25(30-24)19-8-4-5-9-21(19)28/h4-13,16,24H,3,14-15H2,1-2H3,(H,29,32)/t16-,24-/m1/s1. The third-order valence-electron chi connectivity index (χ3n) is 5.95. The van der Waals surface area contributed by atoms with Gasteiger partial charge in [-0.25, -0.2) is 0 Å². The highest BCUT2D eigenvalue weighted by atomic mass is 35.5. The van der Waals surface area contributed by atoms with Gasteiger partial charge < -0.3 is 14.6 Å². The van der Waals surface area contributed by atoms with Crippen LogP contribution in [-0.2, 0) is 16.1 Å². The average molecular weight is 498 g/mol. The Morgan fingerprint density at radius 2 is 1.94 bits per heavy atom. The number of anilines is 1. The third-order valence-corrected chi connectivity index (χ3v) is 6.51. The van der Waals surface area contributed by atoms with Crippen molar-refractivity contribution in [3.05, 3.63) is 87.8 Å². The van der Waals surface area contributed by atoms with Crippen molar-refractivity contribution in [1.82, 2.24) is 5.32 Å². The second-order valence-electron chi connectivity index (χ2n) is 8.23. The predicted octanol–water partition coefficient (Wildman–Crippen LogP) is 5.50. The molecule has 3 aromatic rings. The molecule has 6 nitrogen and oxygen atoms in total. The minimum absolute atomic E-state index is 0.0524. The molecule has 2 heterocycles. The van der Waals surface area contributed by atoms with Gasteiger partial charge in [0.15, 0.2) is 0 Å². The Hall–Kier alpha value is -3.09. The fourth-order valence-electron chi connectivity index (χ4n) is 3.90. The van der Waals surface area contributed by atoms with Gasteiger partial charge in [-0.15, -0.1) is 0 Å². The van der Waals surface area contributed by atoms with Gasteiger partial charge in [-0.2, -0.15) is 0 Å². The van der Waals surface area contributed by atoms with Gasteiger partial charge in [-0.3, -0.25) is 14.6 Å². The summed E-state index contributed by atoms with van der Waals surface area (Å²) in [6.45, 7) is 4.07. The number of halogens is 2. The van der Waals surface area contributed by atoms with E-state index in [9.17, 15) is 9.59 Å². The van der Waals surface area contributed by atoms with Gasteiger partial charge in [0.05, 0.1) is 24.2 Å². The van der Waals surface area contributed by atoms with Gasteiger partial charge in [0.1, 0.15) is 18.3 Å². The van der Waals surface area contributed by atoms with Crippen molar-refractivity contribution in [2.45, 2.75) is 32.9 Å². The van der Waals surface area contributed by atoms with E-state index in [4.69, 9.17) is 32.6 Å². The maximum Gasteiger partial charge on any atom is 0.252 e. The summed E-state index contributed by atoms with van der Waals surface area (Å²) in [7, 11) is 0. The third kappa shape index (κ3) is 5.03. The molecule has 1 aliphatic rings. The quantitative estimate of drug-likeness (QED) is 0.468. The van der Waals surface area contributed by atoms with Crippen LogP contribution < -0.4 is 10.2 Å². The van der Waals surface area contributed by atoms with Crippen LogP contribution in [0.3, 0.4) is 0 Å². The number of rotatable bonds is 7. The van der Waals surface area contributed by atoms with Crippen LogP contribution in [0.25, 0.3) is 0 Å². The molecule has 0 bridgehead atoms. The minimum Gasteiger partial charge on any atom is -0.467 e. The molecule has 0 fully saturated rings. The Kier molecular flexibility index (Phi) is 7.39. The predicted molar refractivity (Wildman–Crippen MR) is 135 cm³/mol. The number of furan rings is 1. The molecule has 8 heteroatoms. The van der Waals surface area contributed by atoms with Crippen molar-refractivity contribution in [1.29, 1.82) is 0 Å². The van der Waals surface area contributed by atoms with Gasteiger partial charge in [0, 0.05) is 21.2 Å². The molecule has 0 spiro atoms. The molecule has 2 amide bonds. The molecular weight excluding hydrogens is 473 g/mol. The molecule has 0 saturated carbocycles. The second kappa shape index (κ2) is 10.5. The molecular formula is C26H25Cl2N3O3. The number of carbonyl (C=O) groups excluding carboxylic acids is 2. The molecule has 4 rings (SSSR count). The van der Waals surface area contributed by atoms with Gasteiger partial charge in [-0.05, 0) is 42.3 Å². The topological polar surface area (TPSA) is 74.9 Å². The Bertz CT molecular complexity index is 1220. The van der Waals surface area contributed by atoms with Crippen LogP contribution in [-0.4, -0.2) is 30.1 Å². The smallest absolute Gasteiger partial charge is 0.252 e. The maximum absolute atomic E-state index is 13.8. The number of amides is 2. The molecule has 2 aromatic carbocycles. The number of benzene rings is 2. The van der Waals surface area contributed by atoms with Crippen LogP contribution in [0.1, 0.15) is 37.2 Å². The number of fused-ring (bicyclic) bond motifs is 1. The van der Waals surface area contributed by atoms with Crippen molar-refractivity contribution >= 4 is 46.4 Å². The normalized spacial score (nSPS) is 16.5. The Morgan fingerprint density at radius 3 is 2.65 bits per heavy atom. The fraction of sp³-hybridized carbons (Fsp3) is 0.269. The zero-order chi connectivity index (χ0) is 24.2. The number of hydrogen-bond acceptors (Lipinski definition) is 4. The molecule has 176 valence electrons. The highest BCUT2D eigenvalue weighted by molar-refractivity contribution is 6.37. The van der Waals surface area contributed by atoms with Crippen LogP contribution >= 0.6 is 23.2 Å². The number of nitrogens with one attached hydrogen (secondary N) is 1. The molecule has 2 atom stereocenters. The second-order valence-corrected chi connectivity index (χ2v) is 9.07. The van der Waals surface area contributed by atoms with Crippen LogP contribution in [0.2, 0.25) is 10.0 Å². The van der Waals surface area contributed by atoms with Gasteiger partial charge in [0.25, 0.3) is 5.91 Å². The Morgan fingerprint density at radius 1 is 1.15 bits per heavy atom.